The van der Waals surface area contributed by atoms with E-state index in [1.807, 2.05) is 38.2 Å². The van der Waals surface area contributed by atoms with Crippen LogP contribution in [0.2, 0.25) is 0 Å². The highest BCUT2D eigenvalue weighted by Gasteiger charge is 2.16. The molecule has 2 rings (SSSR count). The zero-order valence-electron chi connectivity index (χ0n) is 16.4. The molecule has 5 nitrogen and oxygen atoms in total. The summed E-state index contributed by atoms with van der Waals surface area (Å²) in [4.78, 5) is 18.9. The molecule has 1 heterocycles. The van der Waals surface area contributed by atoms with Gasteiger partial charge in [0.15, 0.2) is 5.16 Å². The van der Waals surface area contributed by atoms with Crippen LogP contribution in [-0.2, 0) is 17.9 Å². The van der Waals surface area contributed by atoms with Crippen LogP contribution in [0.15, 0.2) is 29.4 Å². The smallest absolute Gasteiger partial charge is 0.233 e. The molecule has 0 fully saturated rings. The number of unbranched alkanes of at least 4 members (excludes halogenated alkanes) is 1. The van der Waals surface area contributed by atoms with Gasteiger partial charge in [-0.15, -0.1) is 0 Å². The second kappa shape index (κ2) is 9.67. The van der Waals surface area contributed by atoms with E-state index < -0.39 is 0 Å². The lowest BCUT2D eigenvalue weighted by atomic mass is 10.2. The fourth-order valence-electron chi connectivity index (χ4n) is 2.73. The number of thioether (sulfide) groups is 1. The molecule has 0 aliphatic rings. The summed E-state index contributed by atoms with van der Waals surface area (Å²) in [6, 6.07) is 7.79. The predicted octanol–water partition coefficient (Wildman–Crippen LogP) is 4.06. The molecule has 2 aromatic rings. The van der Waals surface area contributed by atoms with E-state index in [0.29, 0.717) is 12.3 Å². The van der Waals surface area contributed by atoms with Crippen molar-refractivity contribution in [1.29, 1.82) is 0 Å². The van der Waals surface area contributed by atoms with Gasteiger partial charge in [-0.1, -0.05) is 43.3 Å². The van der Waals surface area contributed by atoms with Crippen molar-refractivity contribution in [3.63, 3.8) is 0 Å². The number of nitrogens with zero attached hydrogens (tertiary/aromatic N) is 3. The minimum atomic E-state index is 0.0845. The summed E-state index contributed by atoms with van der Waals surface area (Å²) in [6.07, 6.45) is 2.26. The zero-order chi connectivity index (χ0) is 19.1. The second-order valence-electron chi connectivity index (χ2n) is 6.42. The van der Waals surface area contributed by atoms with Gasteiger partial charge in [-0.3, -0.25) is 4.79 Å². The Balaban J connectivity index is 1.99. The Bertz CT molecular complexity index is 743. The predicted molar refractivity (Wildman–Crippen MR) is 107 cm³/mol. The summed E-state index contributed by atoms with van der Waals surface area (Å²) in [5.74, 6) is 1.27. The number of rotatable bonds is 9. The highest BCUT2D eigenvalue weighted by molar-refractivity contribution is 7.99. The molecule has 26 heavy (non-hydrogen) atoms. The van der Waals surface area contributed by atoms with Crippen molar-refractivity contribution in [2.75, 3.05) is 19.9 Å². The summed E-state index contributed by atoms with van der Waals surface area (Å²) in [6.45, 7) is 7.79. The quantitative estimate of drug-likeness (QED) is 0.620. The molecule has 0 bridgehead atoms. The first-order valence-electron chi connectivity index (χ1n) is 9.00. The van der Waals surface area contributed by atoms with E-state index in [0.717, 1.165) is 41.5 Å². The first-order chi connectivity index (χ1) is 12.5. The number of hydrogen-bond donors (Lipinski definition) is 0. The van der Waals surface area contributed by atoms with Gasteiger partial charge >= 0.3 is 0 Å². The lowest BCUT2D eigenvalue weighted by molar-refractivity contribution is -0.127. The molecule has 0 spiro atoms. The molecule has 0 unspecified atom stereocenters. The normalized spacial score (nSPS) is 10.8. The van der Waals surface area contributed by atoms with Crippen molar-refractivity contribution in [1.82, 2.24) is 14.5 Å². The summed E-state index contributed by atoms with van der Waals surface area (Å²) in [5, 5.41) is 0.937. The maximum atomic E-state index is 12.6. The highest BCUT2D eigenvalue weighted by atomic mass is 32.2. The Labute approximate surface area is 160 Å². The minimum Gasteiger partial charge on any atom is -0.496 e. The number of aromatic nitrogens is 2. The van der Waals surface area contributed by atoms with Crippen LogP contribution in [-0.4, -0.2) is 40.3 Å². The number of ether oxygens (including phenoxy) is 1. The van der Waals surface area contributed by atoms with E-state index in [9.17, 15) is 4.79 Å². The van der Waals surface area contributed by atoms with E-state index in [1.165, 1.54) is 17.5 Å². The Kier molecular flexibility index (Phi) is 7.57. The van der Waals surface area contributed by atoms with Crippen LogP contribution >= 0.6 is 11.8 Å². The van der Waals surface area contributed by atoms with Crippen molar-refractivity contribution in [2.45, 2.75) is 51.9 Å². The van der Waals surface area contributed by atoms with Crippen molar-refractivity contribution >= 4 is 17.7 Å². The van der Waals surface area contributed by atoms with E-state index in [-0.39, 0.29) is 5.91 Å². The number of methoxy groups -OCH3 is 1. The average molecular weight is 376 g/mol. The number of carbonyl (C=O) groups is 1. The van der Waals surface area contributed by atoms with Gasteiger partial charge in [0.25, 0.3) is 0 Å². The van der Waals surface area contributed by atoms with E-state index in [1.54, 1.807) is 12.0 Å². The third kappa shape index (κ3) is 5.04. The van der Waals surface area contributed by atoms with Gasteiger partial charge in [0, 0.05) is 31.4 Å². The molecule has 0 atom stereocenters. The number of carbonyl (C=O) groups excluding carboxylic acids is 1. The molecule has 1 aromatic heterocycles. The fourth-order valence-corrected chi connectivity index (χ4v) is 3.79. The van der Waals surface area contributed by atoms with Crippen LogP contribution in [0.1, 0.15) is 36.7 Å². The summed E-state index contributed by atoms with van der Waals surface area (Å²) >= 11 is 1.52. The molecule has 0 aliphatic carbocycles. The number of imidazole rings is 1. The first-order valence-corrected chi connectivity index (χ1v) is 9.98. The van der Waals surface area contributed by atoms with Crippen molar-refractivity contribution in [2.24, 2.45) is 0 Å². The van der Waals surface area contributed by atoms with Gasteiger partial charge < -0.3 is 14.2 Å². The summed E-state index contributed by atoms with van der Waals surface area (Å²) in [5.41, 5.74) is 3.24. The van der Waals surface area contributed by atoms with Crippen molar-refractivity contribution in [3.8, 4) is 5.75 Å². The Morgan fingerprint density at radius 3 is 2.73 bits per heavy atom. The maximum Gasteiger partial charge on any atom is 0.233 e. The van der Waals surface area contributed by atoms with Gasteiger partial charge in [-0.05, 0) is 26.3 Å². The van der Waals surface area contributed by atoms with E-state index in [4.69, 9.17) is 4.74 Å². The highest BCUT2D eigenvalue weighted by Crippen LogP contribution is 2.23. The summed E-state index contributed by atoms with van der Waals surface area (Å²) in [7, 11) is 3.48. The van der Waals surface area contributed by atoms with E-state index in [2.05, 4.69) is 23.4 Å². The molecule has 0 radical (unpaired) electrons. The van der Waals surface area contributed by atoms with Gasteiger partial charge in [0.05, 0.1) is 18.6 Å². The lowest BCUT2D eigenvalue weighted by Crippen LogP contribution is -2.28. The molecule has 6 heteroatoms. The second-order valence-corrected chi connectivity index (χ2v) is 7.36. The number of benzene rings is 1. The van der Waals surface area contributed by atoms with Gasteiger partial charge in [-0.25, -0.2) is 4.98 Å². The number of aryl methyl sites for hydroxylation is 1. The lowest BCUT2D eigenvalue weighted by Gasteiger charge is -2.18. The van der Waals surface area contributed by atoms with Crippen LogP contribution in [0.4, 0.5) is 0 Å². The van der Waals surface area contributed by atoms with Crippen molar-refractivity contribution in [3.05, 3.63) is 41.2 Å². The molecular weight excluding hydrogens is 346 g/mol. The van der Waals surface area contributed by atoms with Gasteiger partial charge in [0.1, 0.15) is 5.75 Å². The van der Waals surface area contributed by atoms with Crippen LogP contribution < -0.4 is 4.74 Å². The average Bonchev–Trinajstić information content (AvgIpc) is 2.91. The third-order valence-corrected chi connectivity index (χ3v) is 5.47. The molecule has 0 N–H and O–H groups in total. The zero-order valence-corrected chi connectivity index (χ0v) is 17.2. The maximum absolute atomic E-state index is 12.6. The van der Waals surface area contributed by atoms with Crippen LogP contribution in [0.5, 0.6) is 5.75 Å². The third-order valence-electron chi connectivity index (χ3n) is 4.51. The van der Waals surface area contributed by atoms with Gasteiger partial charge in [-0.2, -0.15) is 0 Å². The molecule has 0 saturated carbocycles. The first kappa shape index (κ1) is 20.4. The monoisotopic (exact) mass is 375 g/mol. The van der Waals surface area contributed by atoms with Crippen LogP contribution in [0, 0.1) is 13.8 Å². The number of amides is 1. The minimum absolute atomic E-state index is 0.0845. The van der Waals surface area contributed by atoms with Gasteiger partial charge in [0.2, 0.25) is 5.91 Å². The summed E-state index contributed by atoms with van der Waals surface area (Å²) < 4.78 is 7.60. The Morgan fingerprint density at radius 2 is 2.04 bits per heavy atom. The van der Waals surface area contributed by atoms with Crippen molar-refractivity contribution < 1.29 is 9.53 Å². The molecule has 142 valence electrons. The standard InChI is InChI=1S/C20H29N3O2S/c1-6-7-12-23-16(3)15(2)21-20(23)26-14-19(24)22(4)13-17-10-8-9-11-18(17)25-5/h8-11H,6-7,12-14H2,1-5H3. The largest absolute Gasteiger partial charge is 0.496 e. The molecule has 0 saturated heterocycles. The number of hydrogen-bond acceptors (Lipinski definition) is 4. The van der Waals surface area contributed by atoms with Crippen LogP contribution in [0.3, 0.4) is 0 Å². The molecule has 1 aromatic carbocycles. The number of para-hydroxylation sites is 1. The van der Waals surface area contributed by atoms with Crippen LogP contribution in [0.25, 0.3) is 0 Å². The fraction of sp³-hybridized carbons (Fsp3) is 0.500. The Hall–Kier alpha value is -1.95. The molecule has 0 aliphatic heterocycles. The van der Waals surface area contributed by atoms with E-state index >= 15 is 0 Å². The molecule has 1 amide bonds. The molecular formula is C20H29N3O2S. The SMILES string of the molecule is CCCCn1c(SCC(=O)N(C)Cc2ccccc2OC)nc(C)c1C. The Morgan fingerprint density at radius 1 is 1.31 bits per heavy atom. The topological polar surface area (TPSA) is 47.4 Å².